The van der Waals surface area contributed by atoms with Crippen LogP contribution in [0.15, 0.2) is 28.9 Å². The number of carbonyl (C=O) groups excluding carboxylic acids is 2. The molecule has 3 N–H and O–H groups in total. The van der Waals surface area contributed by atoms with Crippen LogP contribution in [0.3, 0.4) is 0 Å². The van der Waals surface area contributed by atoms with E-state index in [-0.39, 0.29) is 27.2 Å². The van der Waals surface area contributed by atoms with Gasteiger partial charge in [0, 0.05) is 10.9 Å². The highest BCUT2D eigenvalue weighted by Crippen LogP contribution is 2.44. The Morgan fingerprint density at radius 3 is 2.42 bits per heavy atom. The number of nitrogens with two attached hydrogens (primary N) is 1. The number of anilines is 1. The molecule has 0 spiro atoms. The number of alkyl halides is 7. The Hall–Kier alpha value is -3.66. The molecule has 0 saturated carbocycles. The van der Waals surface area contributed by atoms with E-state index < -0.39 is 63.9 Å². The van der Waals surface area contributed by atoms with Crippen LogP contribution in [0.4, 0.5) is 36.4 Å². The van der Waals surface area contributed by atoms with Gasteiger partial charge in [-0.05, 0) is 25.1 Å². The number of amides is 2. The molecule has 0 aromatic carbocycles. The third-order valence-corrected chi connectivity index (χ3v) is 6.77. The standard InChI is InChI=1S/C21H13ClF7N5O3S/c1-6(34-14(17(25)26)11(22)13(33-34)16(23)24)19(36)32-12-10-7(8-3-2-4-37-8)5-9(21(27,28)29)31-20(10)38-15(12)18(30)35/h2-6,16-17H,1H3,(H2,30,35)(H,32,36). The lowest BCUT2D eigenvalue weighted by Gasteiger charge is -2.16. The molecule has 4 aromatic rings. The number of thiophene rings is 1. The summed E-state index contributed by atoms with van der Waals surface area (Å²) in [5, 5.41) is 4.43. The van der Waals surface area contributed by atoms with Crippen molar-refractivity contribution in [2.45, 2.75) is 32.0 Å². The molecule has 0 radical (unpaired) electrons. The number of aromatic nitrogens is 3. The van der Waals surface area contributed by atoms with Crippen LogP contribution in [0.2, 0.25) is 5.02 Å². The topological polar surface area (TPSA) is 116 Å². The first-order chi connectivity index (χ1) is 17.7. The first-order valence-corrected chi connectivity index (χ1v) is 11.4. The van der Waals surface area contributed by atoms with E-state index in [0.717, 1.165) is 6.92 Å². The lowest BCUT2D eigenvalue weighted by atomic mass is 10.1. The molecule has 2 amide bonds. The van der Waals surface area contributed by atoms with Gasteiger partial charge in [0.15, 0.2) is 0 Å². The van der Waals surface area contributed by atoms with Gasteiger partial charge in [0.25, 0.3) is 18.8 Å². The Bertz CT molecular complexity index is 1530. The second-order valence-corrected chi connectivity index (χ2v) is 9.05. The average molecular weight is 584 g/mol. The minimum Gasteiger partial charge on any atom is -0.464 e. The van der Waals surface area contributed by atoms with Crippen LogP contribution in [0.25, 0.3) is 21.5 Å². The third kappa shape index (κ3) is 4.80. The van der Waals surface area contributed by atoms with E-state index >= 15 is 0 Å². The van der Waals surface area contributed by atoms with Crippen LogP contribution in [0.1, 0.15) is 52.6 Å². The first kappa shape index (κ1) is 27.4. The molecule has 202 valence electrons. The SMILES string of the molecule is CC(C(=O)Nc1c(C(N)=O)sc2nc(C(F)(F)F)cc(-c3ccco3)c12)n1nc(C(F)F)c(Cl)c1C(F)F. The second kappa shape index (κ2) is 9.90. The molecule has 0 bridgehead atoms. The fourth-order valence-electron chi connectivity index (χ4n) is 3.58. The van der Waals surface area contributed by atoms with E-state index in [4.69, 9.17) is 21.8 Å². The van der Waals surface area contributed by atoms with Gasteiger partial charge in [0.1, 0.15) is 38.6 Å². The number of fused-ring (bicyclic) bond motifs is 1. The van der Waals surface area contributed by atoms with E-state index in [1.807, 2.05) is 0 Å². The number of hydrogen-bond acceptors (Lipinski definition) is 6. The molecule has 38 heavy (non-hydrogen) atoms. The minimum absolute atomic E-state index is 0.0827. The van der Waals surface area contributed by atoms with Gasteiger partial charge in [-0.25, -0.2) is 27.2 Å². The normalized spacial score (nSPS) is 13.0. The molecule has 0 aliphatic rings. The van der Waals surface area contributed by atoms with Gasteiger partial charge in [0.2, 0.25) is 5.91 Å². The number of furan rings is 1. The van der Waals surface area contributed by atoms with E-state index in [9.17, 15) is 40.3 Å². The lowest BCUT2D eigenvalue weighted by molar-refractivity contribution is -0.140. The van der Waals surface area contributed by atoms with Crippen molar-refractivity contribution in [3.05, 3.63) is 51.4 Å². The quantitative estimate of drug-likeness (QED) is 0.238. The molecule has 8 nitrogen and oxygen atoms in total. The summed E-state index contributed by atoms with van der Waals surface area (Å²) >= 11 is 6.08. The molecule has 0 saturated heterocycles. The number of primary amides is 1. The average Bonchev–Trinajstić information content (AvgIpc) is 3.55. The molecule has 1 atom stereocenters. The fraction of sp³-hybridized carbons (Fsp3) is 0.238. The predicted octanol–water partition coefficient (Wildman–Crippen LogP) is 6.60. The maximum Gasteiger partial charge on any atom is 0.433 e. The minimum atomic E-state index is -4.89. The highest BCUT2D eigenvalue weighted by molar-refractivity contribution is 7.21. The Morgan fingerprint density at radius 2 is 1.89 bits per heavy atom. The van der Waals surface area contributed by atoms with Crippen LogP contribution < -0.4 is 11.1 Å². The predicted molar refractivity (Wildman–Crippen MR) is 121 cm³/mol. The van der Waals surface area contributed by atoms with Crippen LogP contribution in [0.5, 0.6) is 0 Å². The number of rotatable bonds is 7. The summed E-state index contributed by atoms with van der Waals surface area (Å²) in [4.78, 5) is 28.0. The van der Waals surface area contributed by atoms with E-state index in [0.29, 0.717) is 22.1 Å². The molecule has 0 aliphatic heterocycles. The highest BCUT2D eigenvalue weighted by atomic mass is 35.5. The third-order valence-electron chi connectivity index (χ3n) is 5.28. The van der Waals surface area contributed by atoms with Crippen molar-refractivity contribution in [3.63, 3.8) is 0 Å². The number of hydrogen-bond donors (Lipinski definition) is 2. The van der Waals surface area contributed by atoms with Crippen molar-refractivity contribution < 1.29 is 44.7 Å². The van der Waals surface area contributed by atoms with Gasteiger partial charge < -0.3 is 15.5 Å². The molecule has 4 heterocycles. The second-order valence-electron chi connectivity index (χ2n) is 7.68. The van der Waals surface area contributed by atoms with Crippen molar-refractivity contribution >= 4 is 50.7 Å². The van der Waals surface area contributed by atoms with Crippen molar-refractivity contribution in [2.24, 2.45) is 5.73 Å². The zero-order chi connectivity index (χ0) is 28.1. The zero-order valence-corrected chi connectivity index (χ0v) is 20.2. The van der Waals surface area contributed by atoms with E-state index in [1.165, 1.54) is 18.4 Å². The highest BCUT2D eigenvalue weighted by Gasteiger charge is 2.36. The molecular formula is C21H13ClF7N5O3S. The van der Waals surface area contributed by atoms with Crippen LogP contribution >= 0.6 is 22.9 Å². The Kier molecular flexibility index (Phi) is 7.13. The van der Waals surface area contributed by atoms with Crippen molar-refractivity contribution in [3.8, 4) is 11.3 Å². The van der Waals surface area contributed by atoms with Crippen molar-refractivity contribution in [1.29, 1.82) is 0 Å². The summed E-state index contributed by atoms with van der Waals surface area (Å²) in [6, 6.07) is 1.63. The van der Waals surface area contributed by atoms with E-state index in [1.54, 1.807) is 0 Å². The zero-order valence-electron chi connectivity index (χ0n) is 18.6. The summed E-state index contributed by atoms with van der Waals surface area (Å²) < 4.78 is 99.7. The number of carbonyl (C=O) groups is 2. The Balaban J connectivity index is 1.88. The van der Waals surface area contributed by atoms with Gasteiger partial charge in [-0.3, -0.25) is 9.59 Å². The van der Waals surface area contributed by atoms with Crippen molar-refractivity contribution in [1.82, 2.24) is 14.8 Å². The lowest BCUT2D eigenvalue weighted by Crippen LogP contribution is -2.27. The Morgan fingerprint density at radius 1 is 1.21 bits per heavy atom. The summed E-state index contributed by atoms with van der Waals surface area (Å²) in [7, 11) is 0. The van der Waals surface area contributed by atoms with Gasteiger partial charge in [-0.2, -0.15) is 18.3 Å². The molecule has 17 heteroatoms. The van der Waals surface area contributed by atoms with E-state index in [2.05, 4.69) is 15.4 Å². The summed E-state index contributed by atoms with van der Waals surface area (Å²) in [6.07, 6.45) is -10.4. The van der Waals surface area contributed by atoms with Gasteiger partial charge in [-0.15, -0.1) is 11.3 Å². The molecule has 1 unspecified atom stereocenters. The maximum absolute atomic E-state index is 13.6. The maximum atomic E-state index is 13.6. The van der Waals surface area contributed by atoms with Crippen molar-refractivity contribution in [2.75, 3.05) is 5.32 Å². The van der Waals surface area contributed by atoms with Crippen LogP contribution in [-0.2, 0) is 11.0 Å². The van der Waals surface area contributed by atoms with Gasteiger partial charge in [0.05, 0.1) is 17.0 Å². The smallest absolute Gasteiger partial charge is 0.433 e. The molecule has 0 aliphatic carbocycles. The summed E-state index contributed by atoms with van der Waals surface area (Å²) in [6.45, 7) is 1.03. The fourth-order valence-corrected chi connectivity index (χ4v) is 4.87. The number of halogens is 8. The summed E-state index contributed by atoms with van der Waals surface area (Å²) in [5.74, 6) is -2.38. The number of pyridine rings is 1. The van der Waals surface area contributed by atoms with Gasteiger partial charge >= 0.3 is 6.18 Å². The Labute approximate surface area is 216 Å². The molecule has 4 rings (SSSR count). The summed E-state index contributed by atoms with van der Waals surface area (Å²) in [5.41, 5.74) is 1.14. The monoisotopic (exact) mass is 583 g/mol. The van der Waals surface area contributed by atoms with Crippen LogP contribution in [-0.4, -0.2) is 26.6 Å². The largest absolute Gasteiger partial charge is 0.464 e. The molecule has 0 fully saturated rings. The molecule has 4 aromatic heterocycles. The number of nitrogens with zero attached hydrogens (tertiary/aromatic N) is 3. The molecular weight excluding hydrogens is 571 g/mol. The first-order valence-electron chi connectivity index (χ1n) is 10.3. The number of nitrogens with one attached hydrogen (secondary N) is 1. The van der Waals surface area contributed by atoms with Gasteiger partial charge in [-0.1, -0.05) is 11.6 Å². The van der Waals surface area contributed by atoms with Crippen LogP contribution in [0, 0.1) is 0 Å².